The van der Waals surface area contributed by atoms with Gasteiger partial charge < -0.3 is 14.5 Å². The molecule has 0 aliphatic rings. The van der Waals surface area contributed by atoms with Crippen LogP contribution in [0.5, 0.6) is 0 Å². The van der Waals surface area contributed by atoms with E-state index < -0.39 is 0 Å². The molecule has 0 aromatic rings. The predicted octanol–water partition coefficient (Wildman–Crippen LogP) is 1.43. The topological polar surface area (TPSA) is 54.5 Å². The van der Waals surface area contributed by atoms with Gasteiger partial charge in [-0.2, -0.15) is 0 Å². The molecule has 0 aromatic carbocycles. The van der Waals surface area contributed by atoms with Gasteiger partial charge in [-0.1, -0.05) is 13.3 Å². The average Bonchev–Trinajstić information content (AvgIpc) is 2.27. The van der Waals surface area contributed by atoms with E-state index in [1.54, 1.807) is 18.9 Å². The monoisotopic (exact) mass is 227 g/mol. The molecule has 0 N–H and O–H groups in total. The Labute approximate surface area is 97.0 Å². The molecule has 0 bridgehead atoms. The number of hydrogen-bond acceptors (Lipinski definition) is 3. The lowest BCUT2D eigenvalue weighted by atomic mass is 10.1. The SMILES string of the molecule is CC(CC=O)C(=O)N(C)CCCCCC=O. The normalized spacial score (nSPS) is 11.9. The molecule has 0 spiro atoms. The highest BCUT2D eigenvalue weighted by Crippen LogP contribution is 2.06. The van der Waals surface area contributed by atoms with Crippen molar-refractivity contribution in [3.8, 4) is 0 Å². The summed E-state index contributed by atoms with van der Waals surface area (Å²) in [6.07, 6.45) is 5.33. The van der Waals surface area contributed by atoms with Crippen LogP contribution in [0.3, 0.4) is 0 Å². The summed E-state index contributed by atoms with van der Waals surface area (Å²) >= 11 is 0. The van der Waals surface area contributed by atoms with Gasteiger partial charge in [0.1, 0.15) is 12.6 Å². The smallest absolute Gasteiger partial charge is 0.225 e. The molecular formula is C12H21NO3. The Morgan fingerprint density at radius 2 is 1.88 bits per heavy atom. The van der Waals surface area contributed by atoms with Crippen LogP contribution in [0, 0.1) is 5.92 Å². The second-order valence-corrected chi connectivity index (χ2v) is 4.08. The first-order valence-corrected chi connectivity index (χ1v) is 5.75. The summed E-state index contributed by atoms with van der Waals surface area (Å²) in [7, 11) is 1.75. The molecule has 4 heteroatoms. The van der Waals surface area contributed by atoms with Gasteiger partial charge in [-0.3, -0.25) is 4.79 Å². The van der Waals surface area contributed by atoms with Crippen LogP contribution in [-0.2, 0) is 14.4 Å². The van der Waals surface area contributed by atoms with Gasteiger partial charge in [0.25, 0.3) is 0 Å². The fraction of sp³-hybridized carbons (Fsp3) is 0.750. The van der Waals surface area contributed by atoms with Crippen molar-refractivity contribution in [2.45, 2.75) is 39.0 Å². The zero-order chi connectivity index (χ0) is 12.4. The van der Waals surface area contributed by atoms with E-state index in [1.165, 1.54) is 0 Å². The standard InChI is InChI=1S/C12H21NO3/c1-11(7-10-15)12(16)13(2)8-5-3-4-6-9-14/h9-11H,3-8H2,1-2H3. The number of nitrogens with zero attached hydrogens (tertiary/aromatic N) is 1. The van der Waals surface area contributed by atoms with Crippen LogP contribution in [-0.4, -0.2) is 37.0 Å². The summed E-state index contributed by atoms with van der Waals surface area (Å²) in [5.41, 5.74) is 0. The molecule has 4 nitrogen and oxygen atoms in total. The first-order chi connectivity index (χ1) is 7.63. The van der Waals surface area contributed by atoms with Crippen LogP contribution in [0.15, 0.2) is 0 Å². The van der Waals surface area contributed by atoms with E-state index in [0.29, 0.717) is 13.0 Å². The highest BCUT2D eigenvalue weighted by molar-refractivity contribution is 5.80. The summed E-state index contributed by atoms with van der Waals surface area (Å²) in [4.78, 5) is 33.7. The molecule has 0 aromatic heterocycles. The lowest BCUT2D eigenvalue weighted by Crippen LogP contribution is -2.32. The molecule has 16 heavy (non-hydrogen) atoms. The van der Waals surface area contributed by atoms with E-state index in [9.17, 15) is 14.4 Å². The second kappa shape index (κ2) is 9.07. The first kappa shape index (κ1) is 14.8. The number of aldehydes is 2. The number of carbonyl (C=O) groups excluding carboxylic acids is 3. The van der Waals surface area contributed by atoms with E-state index >= 15 is 0 Å². The molecule has 1 unspecified atom stereocenters. The molecule has 0 radical (unpaired) electrons. The van der Waals surface area contributed by atoms with E-state index in [0.717, 1.165) is 31.8 Å². The molecule has 0 saturated carbocycles. The van der Waals surface area contributed by atoms with Crippen LogP contribution in [0.2, 0.25) is 0 Å². The van der Waals surface area contributed by atoms with Crippen LogP contribution in [0.25, 0.3) is 0 Å². The maximum atomic E-state index is 11.7. The Kier molecular flexibility index (Phi) is 8.39. The Morgan fingerprint density at radius 1 is 1.19 bits per heavy atom. The number of rotatable bonds is 9. The van der Waals surface area contributed by atoms with Gasteiger partial charge in [-0.25, -0.2) is 0 Å². The van der Waals surface area contributed by atoms with E-state index in [2.05, 4.69) is 0 Å². The van der Waals surface area contributed by atoms with E-state index in [1.807, 2.05) is 0 Å². The highest BCUT2D eigenvalue weighted by Gasteiger charge is 2.16. The second-order valence-electron chi connectivity index (χ2n) is 4.08. The lowest BCUT2D eigenvalue weighted by Gasteiger charge is -2.20. The van der Waals surface area contributed by atoms with Crippen LogP contribution in [0.1, 0.15) is 39.0 Å². The van der Waals surface area contributed by atoms with Crippen molar-refractivity contribution in [3.63, 3.8) is 0 Å². The molecule has 0 saturated heterocycles. The summed E-state index contributed by atoms with van der Waals surface area (Å²) in [6, 6.07) is 0. The number of unbranched alkanes of at least 4 members (excludes halogenated alkanes) is 3. The van der Waals surface area contributed by atoms with Gasteiger partial charge >= 0.3 is 0 Å². The van der Waals surface area contributed by atoms with Crippen LogP contribution in [0.4, 0.5) is 0 Å². The zero-order valence-electron chi connectivity index (χ0n) is 10.1. The van der Waals surface area contributed by atoms with Crippen molar-refractivity contribution in [1.82, 2.24) is 4.90 Å². The maximum Gasteiger partial charge on any atom is 0.225 e. The Balaban J connectivity index is 3.70. The minimum atomic E-state index is -0.225. The molecule has 1 amide bonds. The third-order valence-corrected chi connectivity index (χ3v) is 2.56. The summed E-state index contributed by atoms with van der Waals surface area (Å²) in [6.45, 7) is 2.46. The molecule has 0 heterocycles. The minimum absolute atomic E-state index is 0.0162. The van der Waals surface area contributed by atoms with Crippen molar-refractivity contribution in [2.75, 3.05) is 13.6 Å². The van der Waals surface area contributed by atoms with E-state index in [-0.39, 0.29) is 18.2 Å². The lowest BCUT2D eigenvalue weighted by molar-refractivity contribution is -0.135. The van der Waals surface area contributed by atoms with E-state index in [4.69, 9.17) is 0 Å². The Bertz CT molecular complexity index is 228. The fourth-order valence-electron chi connectivity index (χ4n) is 1.48. The summed E-state index contributed by atoms with van der Waals surface area (Å²) in [5, 5.41) is 0. The molecule has 92 valence electrons. The van der Waals surface area contributed by atoms with Gasteiger partial charge in [0.15, 0.2) is 0 Å². The Morgan fingerprint density at radius 3 is 2.44 bits per heavy atom. The molecule has 0 aliphatic heterocycles. The van der Waals surface area contributed by atoms with Gasteiger partial charge in [0.05, 0.1) is 0 Å². The first-order valence-electron chi connectivity index (χ1n) is 5.75. The van der Waals surface area contributed by atoms with Crippen molar-refractivity contribution < 1.29 is 14.4 Å². The predicted molar refractivity (Wildman–Crippen MR) is 62.0 cm³/mol. The molecule has 0 fully saturated rings. The summed E-state index contributed by atoms with van der Waals surface area (Å²) in [5.74, 6) is -0.208. The highest BCUT2D eigenvalue weighted by atomic mass is 16.2. The minimum Gasteiger partial charge on any atom is -0.346 e. The van der Waals surface area contributed by atoms with Crippen molar-refractivity contribution in [1.29, 1.82) is 0 Å². The fourth-order valence-corrected chi connectivity index (χ4v) is 1.48. The van der Waals surface area contributed by atoms with Gasteiger partial charge in [-0.05, 0) is 12.8 Å². The maximum absolute atomic E-state index is 11.7. The summed E-state index contributed by atoms with van der Waals surface area (Å²) < 4.78 is 0. The zero-order valence-corrected chi connectivity index (χ0v) is 10.1. The third kappa shape index (κ3) is 6.32. The van der Waals surface area contributed by atoms with Crippen LogP contribution < -0.4 is 0 Å². The van der Waals surface area contributed by atoms with Gasteiger partial charge in [-0.15, -0.1) is 0 Å². The Hall–Kier alpha value is -1.19. The number of carbonyl (C=O) groups is 3. The largest absolute Gasteiger partial charge is 0.346 e. The molecular weight excluding hydrogens is 206 g/mol. The van der Waals surface area contributed by atoms with Gasteiger partial charge in [0, 0.05) is 32.4 Å². The van der Waals surface area contributed by atoms with Crippen molar-refractivity contribution in [3.05, 3.63) is 0 Å². The van der Waals surface area contributed by atoms with Crippen LogP contribution >= 0.6 is 0 Å². The van der Waals surface area contributed by atoms with Crippen molar-refractivity contribution in [2.24, 2.45) is 5.92 Å². The third-order valence-electron chi connectivity index (χ3n) is 2.56. The number of amides is 1. The quantitative estimate of drug-likeness (QED) is 0.442. The molecule has 0 rings (SSSR count). The molecule has 0 aliphatic carbocycles. The van der Waals surface area contributed by atoms with Gasteiger partial charge in [0.2, 0.25) is 5.91 Å². The van der Waals surface area contributed by atoms with Crippen molar-refractivity contribution >= 4 is 18.5 Å². The molecule has 1 atom stereocenters. The number of hydrogen-bond donors (Lipinski definition) is 0. The average molecular weight is 227 g/mol.